The van der Waals surface area contributed by atoms with Gasteiger partial charge in [0.1, 0.15) is 16.8 Å². The quantitative estimate of drug-likeness (QED) is 0.610. The van der Waals surface area contributed by atoms with Gasteiger partial charge in [0.25, 0.3) is 5.56 Å². The molecule has 118 valence electrons. The smallest absolute Gasteiger partial charge is 0.276 e. The SMILES string of the molecule is COc1cccc(Cc2c[nH]c3c(=O)[nH]c(N)nc23)c1.O.O. The normalized spacial score (nSPS) is 9.86. The van der Waals surface area contributed by atoms with Gasteiger partial charge in [-0.15, -0.1) is 0 Å². The summed E-state index contributed by atoms with van der Waals surface area (Å²) in [7, 11) is 1.63. The van der Waals surface area contributed by atoms with Gasteiger partial charge in [0, 0.05) is 18.2 Å². The second-order valence-corrected chi connectivity index (χ2v) is 4.52. The molecule has 3 rings (SSSR count). The van der Waals surface area contributed by atoms with Crippen LogP contribution in [-0.2, 0) is 6.42 Å². The van der Waals surface area contributed by atoms with Gasteiger partial charge in [0.2, 0.25) is 5.95 Å². The lowest BCUT2D eigenvalue weighted by Gasteiger charge is -2.03. The molecule has 0 radical (unpaired) electrons. The summed E-state index contributed by atoms with van der Waals surface area (Å²) >= 11 is 0. The van der Waals surface area contributed by atoms with E-state index in [2.05, 4.69) is 15.0 Å². The number of methoxy groups -OCH3 is 1. The fourth-order valence-corrected chi connectivity index (χ4v) is 2.22. The maximum atomic E-state index is 11.7. The summed E-state index contributed by atoms with van der Waals surface area (Å²) in [5.74, 6) is 0.918. The molecule has 0 aliphatic carbocycles. The molecule has 0 saturated carbocycles. The number of nitrogens with two attached hydrogens (primary N) is 1. The summed E-state index contributed by atoms with van der Waals surface area (Å²) in [6.45, 7) is 0. The van der Waals surface area contributed by atoms with Crippen LogP contribution in [0.4, 0.5) is 5.95 Å². The van der Waals surface area contributed by atoms with Crippen LogP contribution in [-0.4, -0.2) is 33.0 Å². The third-order valence-electron chi connectivity index (χ3n) is 3.16. The van der Waals surface area contributed by atoms with Crippen molar-refractivity contribution in [3.8, 4) is 5.75 Å². The van der Waals surface area contributed by atoms with Crippen molar-refractivity contribution >= 4 is 17.0 Å². The number of hydrogen-bond donors (Lipinski definition) is 3. The molecule has 2 heterocycles. The van der Waals surface area contributed by atoms with Crippen LogP contribution in [0.2, 0.25) is 0 Å². The van der Waals surface area contributed by atoms with Gasteiger partial charge in [0.15, 0.2) is 0 Å². The molecule has 0 aliphatic rings. The van der Waals surface area contributed by atoms with E-state index in [1.165, 1.54) is 0 Å². The zero-order valence-electron chi connectivity index (χ0n) is 11.9. The van der Waals surface area contributed by atoms with Crippen LogP contribution in [0.25, 0.3) is 11.0 Å². The third-order valence-corrected chi connectivity index (χ3v) is 3.16. The topological polar surface area (TPSA) is 160 Å². The first-order valence-corrected chi connectivity index (χ1v) is 6.16. The van der Waals surface area contributed by atoms with Crippen molar-refractivity contribution in [3.05, 3.63) is 51.9 Å². The molecule has 0 bridgehead atoms. The van der Waals surface area contributed by atoms with Gasteiger partial charge >= 0.3 is 0 Å². The van der Waals surface area contributed by atoms with Crippen LogP contribution in [0.1, 0.15) is 11.1 Å². The first-order valence-electron chi connectivity index (χ1n) is 6.16. The Kier molecular flexibility index (Phi) is 5.28. The Hall–Kier alpha value is -2.84. The molecule has 0 saturated heterocycles. The van der Waals surface area contributed by atoms with Crippen molar-refractivity contribution in [1.29, 1.82) is 0 Å². The zero-order chi connectivity index (χ0) is 14.1. The maximum Gasteiger partial charge on any atom is 0.276 e. The number of ether oxygens (including phenoxy) is 1. The Bertz CT molecular complexity index is 825. The van der Waals surface area contributed by atoms with Crippen LogP contribution in [0, 0.1) is 0 Å². The fourth-order valence-electron chi connectivity index (χ4n) is 2.22. The molecule has 22 heavy (non-hydrogen) atoms. The highest BCUT2D eigenvalue weighted by molar-refractivity contribution is 5.79. The minimum absolute atomic E-state index is 0. The van der Waals surface area contributed by atoms with Gasteiger partial charge in [-0.05, 0) is 17.7 Å². The summed E-state index contributed by atoms with van der Waals surface area (Å²) in [5.41, 5.74) is 8.38. The lowest BCUT2D eigenvalue weighted by atomic mass is 10.1. The molecule has 0 aliphatic heterocycles. The van der Waals surface area contributed by atoms with E-state index in [4.69, 9.17) is 10.5 Å². The van der Waals surface area contributed by atoms with Crippen LogP contribution < -0.4 is 16.0 Å². The van der Waals surface area contributed by atoms with Gasteiger partial charge in [-0.2, -0.15) is 0 Å². The first-order chi connectivity index (χ1) is 9.67. The van der Waals surface area contributed by atoms with E-state index in [1.54, 1.807) is 13.3 Å². The predicted molar refractivity (Wildman–Crippen MR) is 84.2 cm³/mol. The van der Waals surface area contributed by atoms with Crippen molar-refractivity contribution in [2.75, 3.05) is 12.8 Å². The predicted octanol–water partition coefficient (Wildman–Crippen LogP) is -0.217. The van der Waals surface area contributed by atoms with Crippen molar-refractivity contribution in [3.63, 3.8) is 0 Å². The number of fused-ring (bicyclic) bond motifs is 1. The minimum Gasteiger partial charge on any atom is -0.497 e. The van der Waals surface area contributed by atoms with Crippen LogP contribution >= 0.6 is 0 Å². The van der Waals surface area contributed by atoms with E-state index in [0.29, 0.717) is 17.5 Å². The molecule has 8 heteroatoms. The average Bonchev–Trinajstić information content (AvgIpc) is 2.82. The summed E-state index contributed by atoms with van der Waals surface area (Å²) in [6.07, 6.45) is 2.43. The van der Waals surface area contributed by atoms with Crippen molar-refractivity contribution in [2.45, 2.75) is 6.42 Å². The molecule has 0 fully saturated rings. The second kappa shape index (κ2) is 6.74. The highest BCUT2D eigenvalue weighted by atomic mass is 16.5. The van der Waals surface area contributed by atoms with E-state index in [-0.39, 0.29) is 22.5 Å². The number of benzene rings is 1. The van der Waals surface area contributed by atoms with E-state index < -0.39 is 0 Å². The Balaban J connectivity index is 0.00000121. The van der Waals surface area contributed by atoms with E-state index >= 15 is 0 Å². The Morgan fingerprint density at radius 1 is 1.32 bits per heavy atom. The minimum atomic E-state index is -0.260. The Morgan fingerprint density at radius 2 is 2.09 bits per heavy atom. The number of anilines is 1. The second-order valence-electron chi connectivity index (χ2n) is 4.52. The molecule has 0 spiro atoms. The highest BCUT2D eigenvalue weighted by Gasteiger charge is 2.10. The van der Waals surface area contributed by atoms with Crippen molar-refractivity contribution < 1.29 is 15.7 Å². The van der Waals surface area contributed by atoms with Crippen LogP contribution in [0.5, 0.6) is 5.75 Å². The number of nitrogen functional groups attached to an aromatic ring is 1. The van der Waals surface area contributed by atoms with Crippen molar-refractivity contribution in [1.82, 2.24) is 15.0 Å². The van der Waals surface area contributed by atoms with E-state index in [0.717, 1.165) is 16.9 Å². The van der Waals surface area contributed by atoms with Crippen LogP contribution in [0.15, 0.2) is 35.3 Å². The van der Waals surface area contributed by atoms with Crippen LogP contribution in [0.3, 0.4) is 0 Å². The number of aromatic nitrogens is 3. The zero-order valence-corrected chi connectivity index (χ0v) is 11.9. The number of nitrogens with one attached hydrogen (secondary N) is 2. The maximum absolute atomic E-state index is 11.7. The van der Waals surface area contributed by atoms with Gasteiger partial charge < -0.3 is 26.4 Å². The number of hydrogen-bond acceptors (Lipinski definition) is 4. The fraction of sp³-hybridized carbons (Fsp3) is 0.143. The largest absolute Gasteiger partial charge is 0.497 e. The molecule has 8 N–H and O–H groups in total. The van der Waals surface area contributed by atoms with Crippen molar-refractivity contribution in [2.24, 2.45) is 0 Å². The molecule has 1 aromatic carbocycles. The van der Waals surface area contributed by atoms with Gasteiger partial charge in [-0.3, -0.25) is 9.78 Å². The summed E-state index contributed by atoms with van der Waals surface area (Å²) in [6, 6.07) is 7.77. The summed E-state index contributed by atoms with van der Waals surface area (Å²) in [5, 5.41) is 0. The molecular weight excluding hydrogens is 288 g/mol. The number of rotatable bonds is 3. The number of nitrogens with zero attached hydrogens (tertiary/aromatic N) is 1. The Morgan fingerprint density at radius 3 is 2.82 bits per heavy atom. The van der Waals surface area contributed by atoms with Gasteiger partial charge in [-0.25, -0.2) is 4.98 Å². The van der Waals surface area contributed by atoms with E-state index in [9.17, 15) is 4.79 Å². The number of H-pyrrole nitrogens is 2. The number of aromatic amines is 2. The average molecular weight is 306 g/mol. The molecule has 0 unspecified atom stereocenters. The monoisotopic (exact) mass is 306 g/mol. The molecular formula is C14H18N4O4. The third kappa shape index (κ3) is 3.08. The first kappa shape index (κ1) is 17.2. The van der Waals surface area contributed by atoms with E-state index in [1.807, 2.05) is 24.3 Å². The lowest BCUT2D eigenvalue weighted by molar-refractivity contribution is 0.414. The molecule has 2 aromatic heterocycles. The standard InChI is InChI=1S/C14H14N4O2.2H2O/c1-20-10-4-2-3-8(6-10)5-9-7-16-12-11(9)17-14(15)18-13(12)19;;/h2-4,6-7,16H,5H2,1H3,(H3,15,17,18,19);2*1H2. The molecule has 0 amide bonds. The summed E-state index contributed by atoms with van der Waals surface area (Å²) in [4.78, 5) is 21.3. The molecule has 0 atom stereocenters. The van der Waals surface area contributed by atoms with Gasteiger partial charge in [-0.1, -0.05) is 12.1 Å². The molecule has 3 aromatic rings. The highest BCUT2D eigenvalue weighted by Crippen LogP contribution is 2.20. The summed E-state index contributed by atoms with van der Waals surface area (Å²) < 4.78 is 5.20. The molecule has 8 nitrogen and oxygen atoms in total. The van der Waals surface area contributed by atoms with Gasteiger partial charge in [0.05, 0.1) is 7.11 Å². The lowest BCUT2D eigenvalue weighted by Crippen LogP contribution is -2.11. The Labute approximate surface area is 125 Å².